The maximum atomic E-state index is 11.7. The number of hydrogen-bond donors (Lipinski definition) is 1. The quantitative estimate of drug-likeness (QED) is 0.628. The Kier molecular flexibility index (Phi) is 9.61. The third kappa shape index (κ3) is 7.17. The SMILES string of the molecule is CCCCN(CCCC)CCc1cc(CCC)ccc1C(N)=O. The number of carbonyl (C=O) groups is 1. The Bertz CT molecular complexity index is 463. The summed E-state index contributed by atoms with van der Waals surface area (Å²) in [6.07, 6.45) is 8.01. The molecule has 0 heterocycles. The van der Waals surface area contributed by atoms with Crippen LogP contribution in [0.1, 0.15) is 74.4 Å². The summed E-state index contributed by atoms with van der Waals surface area (Å²) in [5.41, 5.74) is 8.66. The number of nitrogens with two attached hydrogens (primary N) is 1. The van der Waals surface area contributed by atoms with E-state index < -0.39 is 0 Å². The third-order valence-corrected chi connectivity index (χ3v) is 4.33. The number of hydrogen-bond acceptors (Lipinski definition) is 2. The van der Waals surface area contributed by atoms with Gasteiger partial charge in [0.05, 0.1) is 0 Å². The van der Waals surface area contributed by atoms with Crippen molar-refractivity contribution in [3.05, 3.63) is 34.9 Å². The molecule has 0 saturated carbocycles. The first kappa shape index (κ1) is 19.7. The summed E-state index contributed by atoms with van der Waals surface area (Å²) in [5, 5.41) is 0. The van der Waals surface area contributed by atoms with Crippen LogP contribution in [0.2, 0.25) is 0 Å². The van der Waals surface area contributed by atoms with Crippen LogP contribution in [0.25, 0.3) is 0 Å². The third-order valence-electron chi connectivity index (χ3n) is 4.33. The van der Waals surface area contributed by atoms with Crippen LogP contribution in [0.3, 0.4) is 0 Å². The van der Waals surface area contributed by atoms with Crippen molar-refractivity contribution < 1.29 is 4.79 Å². The molecule has 0 aromatic heterocycles. The summed E-state index contributed by atoms with van der Waals surface area (Å²) in [7, 11) is 0. The van der Waals surface area contributed by atoms with Crippen LogP contribution >= 0.6 is 0 Å². The lowest BCUT2D eigenvalue weighted by Gasteiger charge is -2.22. The molecule has 0 spiro atoms. The van der Waals surface area contributed by atoms with E-state index in [-0.39, 0.29) is 5.91 Å². The van der Waals surface area contributed by atoms with Crippen LogP contribution in [-0.2, 0) is 12.8 Å². The Morgan fingerprint density at radius 3 is 2.13 bits per heavy atom. The first-order valence-electron chi connectivity index (χ1n) is 9.26. The van der Waals surface area contributed by atoms with Crippen molar-refractivity contribution in [2.24, 2.45) is 5.73 Å². The molecule has 0 aliphatic carbocycles. The van der Waals surface area contributed by atoms with E-state index in [9.17, 15) is 4.79 Å². The minimum Gasteiger partial charge on any atom is -0.366 e. The fourth-order valence-electron chi connectivity index (χ4n) is 2.92. The molecular formula is C20H34N2O. The molecule has 2 N–H and O–H groups in total. The van der Waals surface area contributed by atoms with E-state index in [0.29, 0.717) is 5.56 Å². The molecule has 23 heavy (non-hydrogen) atoms. The molecule has 1 aromatic carbocycles. The van der Waals surface area contributed by atoms with Gasteiger partial charge in [-0.05, 0) is 56.0 Å². The molecule has 0 aliphatic heterocycles. The number of benzene rings is 1. The van der Waals surface area contributed by atoms with Gasteiger partial charge in [-0.3, -0.25) is 4.79 Å². The molecule has 1 amide bonds. The smallest absolute Gasteiger partial charge is 0.248 e. The zero-order valence-electron chi connectivity index (χ0n) is 15.2. The van der Waals surface area contributed by atoms with Crippen molar-refractivity contribution in [1.29, 1.82) is 0 Å². The van der Waals surface area contributed by atoms with Gasteiger partial charge in [0.15, 0.2) is 0 Å². The summed E-state index contributed by atoms with van der Waals surface area (Å²) in [6, 6.07) is 6.13. The second-order valence-corrected chi connectivity index (χ2v) is 6.40. The highest BCUT2D eigenvalue weighted by Gasteiger charge is 2.11. The Labute approximate surface area is 142 Å². The van der Waals surface area contributed by atoms with Crippen LogP contribution in [0.15, 0.2) is 18.2 Å². The number of rotatable bonds is 12. The Hall–Kier alpha value is -1.35. The number of primary amides is 1. The second kappa shape index (κ2) is 11.2. The Morgan fingerprint density at radius 2 is 1.61 bits per heavy atom. The molecule has 3 heteroatoms. The number of nitrogens with zero attached hydrogens (tertiary/aromatic N) is 1. The van der Waals surface area contributed by atoms with Crippen LogP contribution < -0.4 is 5.73 Å². The fraction of sp³-hybridized carbons (Fsp3) is 0.650. The van der Waals surface area contributed by atoms with Crippen molar-refractivity contribution in [1.82, 2.24) is 4.90 Å². The lowest BCUT2D eigenvalue weighted by molar-refractivity contribution is 0.0999. The monoisotopic (exact) mass is 318 g/mol. The lowest BCUT2D eigenvalue weighted by Crippen LogP contribution is -2.29. The first-order valence-corrected chi connectivity index (χ1v) is 9.26. The van der Waals surface area contributed by atoms with Crippen molar-refractivity contribution in [2.75, 3.05) is 19.6 Å². The lowest BCUT2D eigenvalue weighted by atomic mass is 9.98. The molecule has 0 atom stereocenters. The van der Waals surface area contributed by atoms with E-state index >= 15 is 0 Å². The number of unbranched alkanes of at least 4 members (excludes halogenated alkanes) is 2. The first-order chi connectivity index (χ1) is 11.1. The predicted octanol–water partition coefficient (Wildman–Crippen LogP) is 4.18. The van der Waals surface area contributed by atoms with E-state index in [4.69, 9.17) is 5.73 Å². The zero-order valence-corrected chi connectivity index (χ0v) is 15.2. The Balaban J connectivity index is 2.78. The molecule has 0 unspecified atom stereocenters. The van der Waals surface area contributed by atoms with Gasteiger partial charge in [-0.25, -0.2) is 0 Å². The van der Waals surface area contributed by atoms with E-state index in [1.165, 1.54) is 31.2 Å². The van der Waals surface area contributed by atoms with Gasteiger partial charge >= 0.3 is 0 Å². The average Bonchev–Trinajstić information content (AvgIpc) is 2.54. The second-order valence-electron chi connectivity index (χ2n) is 6.40. The topological polar surface area (TPSA) is 46.3 Å². The highest BCUT2D eigenvalue weighted by atomic mass is 16.1. The van der Waals surface area contributed by atoms with Crippen LogP contribution in [0, 0.1) is 0 Å². The summed E-state index contributed by atoms with van der Waals surface area (Å²) in [4.78, 5) is 14.2. The van der Waals surface area contributed by atoms with Crippen molar-refractivity contribution in [2.45, 2.75) is 65.7 Å². The van der Waals surface area contributed by atoms with Crippen molar-refractivity contribution >= 4 is 5.91 Å². The van der Waals surface area contributed by atoms with Gasteiger partial charge in [0.25, 0.3) is 0 Å². The van der Waals surface area contributed by atoms with Gasteiger partial charge < -0.3 is 10.6 Å². The largest absolute Gasteiger partial charge is 0.366 e. The molecule has 0 bridgehead atoms. The van der Waals surface area contributed by atoms with Crippen molar-refractivity contribution in [3.63, 3.8) is 0 Å². The summed E-state index contributed by atoms with van der Waals surface area (Å²) < 4.78 is 0. The molecule has 3 nitrogen and oxygen atoms in total. The highest BCUT2D eigenvalue weighted by molar-refractivity contribution is 5.94. The van der Waals surface area contributed by atoms with E-state index in [2.05, 4.69) is 31.7 Å². The molecular weight excluding hydrogens is 284 g/mol. The van der Waals surface area contributed by atoms with Crippen LogP contribution in [0.4, 0.5) is 0 Å². The van der Waals surface area contributed by atoms with Gasteiger partial charge in [0.1, 0.15) is 0 Å². The van der Waals surface area contributed by atoms with Gasteiger partial charge in [-0.1, -0.05) is 52.2 Å². The molecule has 0 saturated heterocycles. The molecule has 0 radical (unpaired) electrons. The van der Waals surface area contributed by atoms with Gasteiger partial charge in [0.2, 0.25) is 5.91 Å². The Morgan fingerprint density at radius 1 is 0.957 bits per heavy atom. The van der Waals surface area contributed by atoms with E-state index in [0.717, 1.165) is 44.5 Å². The molecule has 0 aliphatic rings. The summed E-state index contributed by atoms with van der Waals surface area (Å²) >= 11 is 0. The molecule has 1 rings (SSSR count). The van der Waals surface area contributed by atoms with Gasteiger partial charge in [-0.15, -0.1) is 0 Å². The van der Waals surface area contributed by atoms with Crippen LogP contribution in [-0.4, -0.2) is 30.4 Å². The van der Waals surface area contributed by atoms with Crippen molar-refractivity contribution in [3.8, 4) is 0 Å². The summed E-state index contributed by atoms with van der Waals surface area (Å²) in [5.74, 6) is -0.309. The molecule has 1 aromatic rings. The average molecular weight is 319 g/mol. The maximum absolute atomic E-state index is 11.7. The van der Waals surface area contributed by atoms with E-state index in [1.807, 2.05) is 12.1 Å². The number of aryl methyl sites for hydroxylation is 1. The maximum Gasteiger partial charge on any atom is 0.248 e. The van der Waals surface area contributed by atoms with Gasteiger partial charge in [-0.2, -0.15) is 0 Å². The minimum absolute atomic E-state index is 0.309. The van der Waals surface area contributed by atoms with E-state index in [1.54, 1.807) is 0 Å². The molecule has 0 fully saturated rings. The minimum atomic E-state index is -0.309. The van der Waals surface area contributed by atoms with Crippen LogP contribution in [0.5, 0.6) is 0 Å². The fourth-order valence-corrected chi connectivity index (χ4v) is 2.92. The number of carbonyl (C=O) groups excluding carboxylic acids is 1. The number of amides is 1. The highest BCUT2D eigenvalue weighted by Crippen LogP contribution is 2.15. The normalized spacial score (nSPS) is 11.1. The summed E-state index contributed by atoms with van der Waals surface area (Å²) in [6.45, 7) is 9.96. The zero-order chi connectivity index (χ0) is 17.1. The van der Waals surface area contributed by atoms with Gasteiger partial charge in [0, 0.05) is 12.1 Å². The predicted molar refractivity (Wildman–Crippen MR) is 98.9 cm³/mol. The molecule has 130 valence electrons. The standard InChI is InChI=1S/C20H34N2O/c1-4-7-13-22(14-8-5-2)15-12-18-16-17(9-6-3)10-11-19(18)20(21)23/h10-11,16H,4-9,12-15H2,1-3H3,(H2,21,23).